The lowest BCUT2D eigenvalue weighted by atomic mass is 10.1. The molecule has 190 valence electrons. The van der Waals surface area contributed by atoms with Gasteiger partial charge in [0.25, 0.3) is 5.91 Å². The second-order valence-corrected chi connectivity index (χ2v) is 9.87. The molecule has 12 heteroatoms. The quantitative estimate of drug-likeness (QED) is 0.529. The van der Waals surface area contributed by atoms with Crippen LogP contribution >= 0.6 is 23.2 Å². The van der Waals surface area contributed by atoms with Crippen molar-refractivity contribution in [3.63, 3.8) is 0 Å². The van der Waals surface area contributed by atoms with E-state index in [9.17, 15) is 9.18 Å². The molecule has 1 N–H and O–H groups in total. The van der Waals surface area contributed by atoms with Gasteiger partial charge in [-0.1, -0.05) is 29.3 Å². The zero-order valence-electron chi connectivity index (χ0n) is 20.0. The number of amides is 1. The first-order valence-corrected chi connectivity index (χ1v) is 12.6. The summed E-state index contributed by atoms with van der Waals surface area (Å²) < 4.78 is 14.7. The van der Waals surface area contributed by atoms with Crippen molar-refractivity contribution in [3.05, 3.63) is 64.0 Å². The summed E-state index contributed by atoms with van der Waals surface area (Å²) in [6, 6.07) is 10.1. The van der Waals surface area contributed by atoms with Crippen LogP contribution in [0.15, 0.2) is 47.6 Å². The normalized spacial score (nSPS) is 17.6. The first kappa shape index (κ1) is 23.9. The molecule has 0 radical (unpaired) electrons. The molecule has 3 aliphatic rings. The van der Waals surface area contributed by atoms with E-state index in [1.807, 2.05) is 18.2 Å². The maximum atomic E-state index is 14.7. The molecule has 1 aromatic heterocycles. The fourth-order valence-corrected chi connectivity index (χ4v) is 5.19. The summed E-state index contributed by atoms with van der Waals surface area (Å²) in [5, 5.41) is 3.81. The highest BCUT2D eigenvalue weighted by molar-refractivity contribution is 6.38. The van der Waals surface area contributed by atoms with Gasteiger partial charge in [-0.25, -0.2) is 14.3 Å². The van der Waals surface area contributed by atoms with Crippen LogP contribution in [0.5, 0.6) is 0 Å². The van der Waals surface area contributed by atoms with E-state index in [4.69, 9.17) is 23.2 Å². The fraction of sp³-hybridized carbons (Fsp3) is 0.280. The second kappa shape index (κ2) is 9.44. The predicted octanol–water partition coefficient (Wildman–Crippen LogP) is 4.25. The van der Waals surface area contributed by atoms with Crippen molar-refractivity contribution in [2.24, 2.45) is 4.99 Å². The Bertz CT molecular complexity index is 1410. The minimum absolute atomic E-state index is 0.0418. The Morgan fingerprint density at radius 3 is 2.59 bits per heavy atom. The lowest BCUT2D eigenvalue weighted by molar-refractivity contribution is 0.0999. The Hall–Kier alpha value is -3.47. The average molecular weight is 541 g/mol. The molecule has 0 saturated carbocycles. The van der Waals surface area contributed by atoms with Gasteiger partial charge in [0.05, 0.1) is 22.3 Å². The van der Waals surface area contributed by atoms with Gasteiger partial charge in [-0.15, -0.1) is 0 Å². The first-order chi connectivity index (χ1) is 17.9. The van der Waals surface area contributed by atoms with E-state index < -0.39 is 11.7 Å². The van der Waals surface area contributed by atoms with Gasteiger partial charge in [-0.05, 0) is 37.4 Å². The number of aliphatic imine (C=N–C) groups is 1. The van der Waals surface area contributed by atoms with E-state index in [-0.39, 0.29) is 28.2 Å². The number of piperazine rings is 1. The molecule has 1 saturated heterocycles. The molecule has 37 heavy (non-hydrogen) atoms. The van der Waals surface area contributed by atoms with Crippen molar-refractivity contribution < 1.29 is 9.18 Å². The number of likely N-dealkylation sites (N-methyl/N-ethyl adjacent to an activating group) is 1. The first-order valence-electron chi connectivity index (χ1n) is 11.9. The molecule has 0 aliphatic carbocycles. The maximum Gasteiger partial charge on any atom is 0.270 e. The number of anilines is 5. The van der Waals surface area contributed by atoms with Gasteiger partial charge >= 0.3 is 0 Å². The Morgan fingerprint density at radius 2 is 1.84 bits per heavy atom. The molecule has 9 nitrogen and oxygen atoms in total. The number of rotatable bonds is 4. The van der Waals surface area contributed by atoms with E-state index in [1.54, 1.807) is 4.90 Å². The summed E-state index contributed by atoms with van der Waals surface area (Å²) in [7, 11) is 2.12. The lowest BCUT2D eigenvalue weighted by Gasteiger charge is -2.35. The molecule has 3 aliphatic heterocycles. The maximum absolute atomic E-state index is 14.7. The monoisotopic (exact) mass is 540 g/mol. The predicted molar refractivity (Wildman–Crippen MR) is 144 cm³/mol. The number of halogens is 3. The number of carbonyl (C=O) groups is 1. The molecular weight excluding hydrogens is 518 g/mol. The zero-order chi connectivity index (χ0) is 25.7. The number of aromatic nitrogens is 2. The number of hydrogen-bond donors (Lipinski definition) is 1. The van der Waals surface area contributed by atoms with Crippen LogP contribution < -0.4 is 20.0 Å². The molecule has 1 fully saturated rings. The van der Waals surface area contributed by atoms with Crippen LogP contribution in [0, 0.1) is 5.82 Å². The molecule has 0 unspecified atom stereocenters. The largest absolute Gasteiger partial charge is 0.369 e. The summed E-state index contributed by atoms with van der Waals surface area (Å²) in [5.41, 5.74) is 1.89. The molecule has 6 rings (SSSR count). The second-order valence-electron chi connectivity index (χ2n) is 9.05. The van der Waals surface area contributed by atoms with Crippen molar-refractivity contribution in [1.29, 1.82) is 0 Å². The van der Waals surface area contributed by atoms with Gasteiger partial charge in [-0.2, -0.15) is 4.98 Å². The van der Waals surface area contributed by atoms with Crippen molar-refractivity contribution in [2.45, 2.75) is 0 Å². The molecule has 0 atom stereocenters. The third kappa shape index (κ3) is 4.24. The van der Waals surface area contributed by atoms with E-state index in [0.29, 0.717) is 29.6 Å². The number of guanidine groups is 1. The number of fused-ring (bicyclic) bond motifs is 3. The summed E-state index contributed by atoms with van der Waals surface area (Å²) in [6.45, 7) is 4.79. The number of benzene rings is 2. The minimum atomic E-state index is -0.618. The number of para-hydroxylation sites is 1. The van der Waals surface area contributed by atoms with E-state index in [2.05, 4.69) is 37.1 Å². The molecule has 3 aromatic rings. The minimum Gasteiger partial charge on any atom is -0.369 e. The highest BCUT2D eigenvalue weighted by Crippen LogP contribution is 2.37. The van der Waals surface area contributed by atoms with Gasteiger partial charge in [0, 0.05) is 44.6 Å². The summed E-state index contributed by atoms with van der Waals surface area (Å²) in [6.07, 6.45) is 1.43. The standard InChI is InChI=1S/C25H23Cl2FN8O/c1-33-9-11-34(12-10-33)15-5-6-20(18(27)13-15)31-24-30-14-16-22(32-24)35-8-7-29-25(35)36(23(16)37)21-17(26)3-2-4-19(21)28/h2-6,13-14H,7-12H2,1H3,(H,30,31,32). The van der Waals surface area contributed by atoms with Gasteiger partial charge in [0.1, 0.15) is 17.1 Å². The molecular formula is C25H23Cl2FN8O. The van der Waals surface area contributed by atoms with Gasteiger partial charge in [0.2, 0.25) is 11.9 Å². The van der Waals surface area contributed by atoms with Gasteiger partial charge in [-0.3, -0.25) is 14.7 Å². The topological polar surface area (TPSA) is 80.2 Å². The third-order valence-corrected chi connectivity index (χ3v) is 7.32. The van der Waals surface area contributed by atoms with Crippen LogP contribution in [0.25, 0.3) is 0 Å². The Morgan fingerprint density at radius 1 is 1.03 bits per heavy atom. The molecule has 0 bridgehead atoms. The molecule has 0 spiro atoms. The van der Waals surface area contributed by atoms with Gasteiger partial charge < -0.3 is 15.1 Å². The van der Waals surface area contributed by atoms with Crippen LogP contribution in [0.2, 0.25) is 10.0 Å². The van der Waals surface area contributed by atoms with E-state index >= 15 is 0 Å². The van der Waals surface area contributed by atoms with Crippen molar-refractivity contribution in [1.82, 2.24) is 14.9 Å². The van der Waals surface area contributed by atoms with Crippen molar-refractivity contribution in [2.75, 3.05) is 66.3 Å². The Balaban J connectivity index is 1.29. The highest BCUT2D eigenvalue weighted by atomic mass is 35.5. The zero-order valence-corrected chi connectivity index (χ0v) is 21.5. The Labute approximate surface area is 223 Å². The summed E-state index contributed by atoms with van der Waals surface area (Å²) >= 11 is 12.9. The highest BCUT2D eigenvalue weighted by Gasteiger charge is 2.41. The number of nitrogens with one attached hydrogen (secondary N) is 1. The van der Waals surface area contributed by atoms with E-state index in [0.717, 1.165) is 31.9 Å². The van der Waals surface area contributed by atoms with Crippen LogP contribution in [-0.4, -0.2) is 73.1 Å². The number of carbonyl (C=O) groups excluding carboxylic acids is 1. The van der Waals surface area contributed by atoms with Crippen molar-refractivity contribution >= 4 is 63.9 Å². The summed E-state index contributed by atoms with van der Waals surface area (Å²) in [5.74, 6) is -0.159. The van der Waals surface area contributed by atoms with Crippen LogP contribution in [0.3, 0.4) is 0 Å². The lowest BCUT2D eigenvalue weighted by Crippen LogP contribution is -2.51. The fourth-order valence-electron chi connectivity index (χ4n) is 4.72. The smallest absolute Gasteiger partial charge is 0.270 e. The molecule has 2 aromatic carbocycles. The SMILES string of the molecule is CN1CCN(c2ccc(Nc3ncc4c(n3)N3CCN=C3N(c3c(F)cccc3Cl)C4=O)c(Cl)c2)CC1. The van der Waals surface area contributed by atoms with Crippen LogP contribution in [-0.2, 0) is 0 Å². The van der Waals surface area contributed by atoms with Crippen molar-refractivity contribution in [3.8, 4) is 0 Å². The summed E-state index contributed by atoms with van der Waals surface area (Å²) in [4.78, 5) is 34.4. The Kier molecular flexibility index (Phi) is 6.10. The van der Waals surface area contributed by atoms with Crippen LogP contribution in [0.1, 0.15) is 10.4 Å². The van der Waals surface area contributed by atoms with Gasteiger partial charge in [0.15, 0.2) is 5.82 Å². The van der Waals surface area contributed by atoms with E-state index in [1.165, 1.54) is 29.3 Å². The molecule has 4 heterocycles. The number of nitrogens with zero attached hydrogens (tertiary/aromatic N) is 7. The molecule has 1 amide bonds. The average Bonchev–Trinajstić information content (AvgIpc) is 3.37. The van der Waals surface area contributed by atoms with Crippen LogP contribution in [0.4, 0.5) is 33.2 Å². The third-order valence-electron chi connectivity index (χ3n) is 6.70. The number of hydrogen-bond acceptors (Lipinski definition) is 8.